The molecule has 1 aliphatic heterocycles. The highest BCUT2D eigenvalue weighted by Crippen LogP contribution is 2.16. The van der Waals surface area contributed by atoms with Crippen LogP contribution < -0.4 is 5.73 Å². The van der Waals surface area contributed by atoms with E-state index in [4.69, 9.17) is 10.5 Å². The van der Waals surface area contributed by atoms with Crippen LogP contribution in [0.2, 0.25) is 0 Å². The van der Waals surface area contributed by atoms with Crippen molar-refractivity contribution >= 4 is 0 Å². The van der Waals surface area contributed by atoms with Crippen LogP contribution >= 0.6 is 0 Å². The molecule has 1 aromatic rings. The summed E-state index contributed by atoms with van der Waals surface area (Å²) in [7, 11) is 0. The van der Waals surface area contributed by atoms with Gasteiger partial charge in [-0.3, -0.25) is 0 Å². The number of ether oxygens (including phenoxy) is 1. The fourth-order valence-electron chi connectivity index (χ4n) is 2.15. The summed E-state index contributed by atoms with van der Waals surface area (Å²) in [4.78, 5) is 0. The average molecular weight is 208 g/mol. The number of aromatic nitrogens is 1. The molecule has 2 atom stereocenters. The summed E-state index contributed by atoms with van der Waals surface area (Å²) < 4.78 is 7.91. The van der Waals surface area contributed by atoms with Gasteiger partial charge in [0.1, 0.15) is 0 Å². The van der Waals surface area contributed by atoms with Crippen LogP contribution in [0, 0.1) is 0 Å². The average Bonchev–Trinajstić information content (AvgIpc) is 2.78. The second-order valence-electron chi connectivity index (χ2n) is 4.47. The van der Waals surface area contributed by atoms with E-state index in [9.17, 15) is 0 Å². The third-order valence-electron chi connectivity index (χ3n) is 2.88. The number of hydrogen-bond donors (Lipinski definition) is 1. The Balaban J connectivity index is 1.97. The van der Waals surface area contributed by atoms with Crippen molar-refractivity contribution in [3.8, 4) is 0 Å². The molecule has 0 amide bonds. The molecule has 2 rings (SSSR count). The number of nitrogens with zero attached hydrogens (tertiary/aromatic N) is 1. The van der Waals surface area contributed by atoms with Crippen molar-refractivity contribution in [2.24, 2.45) is 5.73 Å². The van der Waals surface area contributed by atoms with Gasteiger partial charge in [-0.05, 0) is 31.9 Å². The molecule has 2 heterocycles. The monoisotopic (exact) mass is 208 g/mol. The van der Waals surface area contributed by atoms with Crippen LogP contribution in [0.1, 0.15) is 25.5 Å². The lowest BCUT2D eigenvalue weighted by molar-refractivity contribution is 0.0964. The van der Waals surface area contributed by atoms with Crippen LogP contribution in [0.5, 0.6) is 0 Å². The smallest absolute Gasteiger partial charge is 0.0754 e. The molecule has 2 unspecified atom stereocenters. The molecule has 1 saturated heterocycles. The first-order chi connectivity index (χ1) is 7.25. The molecule has 1 fully saturated rings. The SMILES string of the molecule is CC(N)Cc1cccn1CC1CCCO1. The molecule has 3 heteroatoms. The molecule has 84 valence electrons. The summed E-state index contributed by atoms with van der Waals surface area (Å²) in [6.07, 6.45) is 5.87. The zero-order chi connectivity index (χ0) is 10.7. The van der Waals surface area contributed by atoms with Crippen molar-refractivity contribution in [3.63, 3.8) is 0 Å². The summed E-state index contributed by atoms with van der Waals surface area (Å²) in [5.74, 6) is 0. The Kier molecular flexibility index (Phi) is 3.44. The van der Waals surface area contributed by atoms with Gasteiger partial charge in [0.05, 0.1) is 6.10 Å². The largest absolute Gasteiger partial charge is 0.376 e. The summed E-state index contributed by atoms with van der Waals surface area (Å²) in [6.45, 7) is 3.95. The molecule has 0 aromatic carbocycles. The molecule has 1 aliphatic rings. The number of hydrogen-bond acceptors (Lipinski definition) is 2. The van der Waals surface area contributed by atoms with Gasteiger partial charge in [0.15, 0.2) is 0 Å². The third-order valence-corrected chi connectivity index (χ3v) is 2.88. The van der Waals surface area contributed by atoms with Gasteiger partial charge in [-0.1, -0.05) is 0 Å². The molecule has 0 radical (unpaired) electrons. The molecular formula is C12H20N2O. The van der Waals surface area contributed by atoms with Gasteiger partial charge in [-0.2, -0.15) is 0 Å². The van der Waals surface area contributed by atoms with Gasteiger partial charge in [-0.25, -0.2) is 0 Å². The highest BCUT2D eigenvalue weighted by atomic mass is 16.5. The highest BCUT2D eigenvalue weighted by Gasteiger charge is 2.16. The topological polar surface area (TPSA) is 40.2 Å². The first kappa shape index (κ1) is 10.7. The number of nitrogens with two attached hydrogens (primary N) is 1. The summed E-state index contributed by atoms with van der Waals surface area (Å²) >= 11 is 0. The molecule has 0 bridgehead atoms. The predicted octanol–water partition coefficient (Wildman–Crippen LogP) is 1.56. The van der Waals surface area contributed by atoms with Gasteiger partial charge in [0.25, 0.3) is 0 Å². The van der Waals surface area contributed by atoms with Gasteiger partial charge >= 0.3 is 0 Å². The summed E-state index contributed by atoms with van der Waals surface area (Å²) in [6, 6.07) is 4.47. The van der Waals surface area contributed by atoms with Crippen LogP contribution in [0.4, 0.5) is 0 Å². The standard InChI is InChI=1S/C12H20N2O/c1-10(13)8-11-4-2-6-14(11)9-12-5-3-7-15-12/h2,4,6,10,12H,3,5,7-9,13H2,1H3. The van der Waals surface area contributed by atoms with Crippen molar-refractivity contribution in [2.75, 3.05) is 6.61 Å². The van der Waals surface area contributed by atoms with E-state index in [1.165, 1.54) is 18.5 Å². The van der Waals surface area contributed by atoms with E-state index in [-0.39, 0.29) is 6.04 Å². The molecule has 2 N–H and O–H groups in total. The zero-order valence-corrected chi connectivity index (χ0v) is 9.36. The maximum Gasteiger partial charge on any atom is 0.0754 e. The summed E-state index contributed by atoms with van der Waals surface area (Å²) in [5.41, 5.74) is 7.14. The molecule has 0 spiro atoms. The van der Waals surface area contributed by atoms with Gasteiger partial charge in [0, 0.05) is 37.5 Å². The van der Waals surface area contributed by atoms with E-state index in [0.717, 1.165) is 19.6 Å². The lowest BCUT2D eigenvalue weighted by Gasteiger charge is -2.15. The summed E-state index contributed by atoms with van der Waals surface area (Å²) in [5, 5.41) is 0. The van der Waals surface area contributed by atoms with Crippen molar-refractivity contribution < 1.29 is 4.74 Å². The first-order valence-electron chi connectivity index (χ1n) is 5.77. The van der Waals surface area contributed by atoms with Crippen LogP contribution in [0.25, 0.3) is 0 Å². The first-order valence-corrected chi connectivity index (χ1v) is 5.77. The second kappa shape index (κ2) is 4.81. The minimum Gasteiger partial charge on any atom is -0.376 e. The van der Waals surface area contributed by atoms with Gasteiger partial charge in [0.2, 0.25) is 0 Å². The molecule has 1 aromatic heterocycles. The minimum absolute atomic E-state index is 0.225. The Morgan fingerprint density at radius 1 is 1.67 bits per heavy atom. The second-order valence-corrected chi connectivity index (χ2v) is 4.47. The molecular weight excluding hydrogens is 188 g/mol. The van der Waals surface area contributed by atoms with Crippen LogP contribution in [0.3, 0.4) is 0 Å². The fraction of sp³-hybridized carbons (Fsp3) is 0.667. The van der Waals surface area contributed by atoms with Crippen molar-refractivity contribution in [1.29, 1.82) is 0 Å². The van der Waals surface area contributed by atoms with E-state index >= 15 is 0 Å². The van der Waals surface area contributed by atoms with Crippen molar-refractivity contribution in [3.05, 3.63) is 24.0 Å². The van der Waals surface area contributed by atoms with E-state index in [1.54, 1.807) is 0 Å². The normalized spacial score (nSPS) is 23.2. The Bertz CT molecular complexity index is 300. The Morgan fingerprint density at radius 3 is 3.20 bits per heavy atom. The maximum atomic E-state index is 5.82. The van der Waals surface area contributed by atoms with Crippen LogP contribution in [-0.4, -0.2) is 23.3 Å². The lowest BCUT2D eigenvalue weighted by atomic mass is 10.2. The van der Waals surface area contributed by atoms with E-state index in [2.05, 4.69) is 22.9 Å². The Morgan fingerprint density at radius 2 is 2.53 bits per heavy atom. The molecule has 0 saturated carbocycles. The van der Waals surface area contributed by atoms with E-state index in [0.29, 0.717) is 6.10 Å². The van der Waals surface area contributed by atoms with E-state index in [1.807, 2.05) is 6.92 Å². The fourth-order valence-corrected chi connectivity index (χ4v) is 2.15. The Labute approximate surface area is 91.2 Å². The molecule has 15 heavy (non-hydrogen) atoms. The number of rotatable bonds is 4. The molecule has 0 aliphatic carbocycles. The zero-order valence-electron chi connectivity index (χ0n) is 9.36. The maximum absolute atomic E-state index is 5.82. The predicted molar refractivity (Wildman–Crippen MR) is 60.8 cm³/mol. The Hall–Kier alpha value is -0.800. The van der Waals surface area contributed by atoms with Crippen molar-refractivity contribution in [2.45, 2.75) is 44.9 Å². The minimum atomic E-state index is 0.225. The lowest BCUT2D eigenvalue weighted by Crippen LogP contribution is -2.22. The van der Waals surface area contributed by atoms with Crippen LogP contribution in [-0.2, 0) is 17.7 Å². The van der Waals surface area contributed by atoms with Crippen molar-refractivity contribution in [1.82, 2.24) is 4.57 Å². The molecule has 3 nitrogen and oxygen atoms in total. The highest BCUT2D eigenvalue weighted by molar-refractivity contribution is 5.08. The quantitative estimate of drug-likeness (QED) is 0.815. The van der Waals surface area contributed by atoms with Gasteiger partial charge in [-0.15, -0.1) is 0 Å². The van der Waals surface area contributed by atoms with Crippen LogP contribution in [0.15, 0.2) is 18.3 Å². The van der Waals surface area contributed by atoms with E-state index < -0.39 is 0 Å². The van der Waals surface area contributed by atoms with Gasteiger partial charge < -0.3 is 15.0 Å². The third kappa shape index (κ3) is 2.83.